The zero-order valence-electron chi connectivity index (χ0n) is 7.57. The SMILES string of the molecule is O=CO.O=[N+]([O-])c1ccc([N+](=O)[O-])c(F)c1. The summed E-state index contributed by atoms with van der Waals surface area (Å²) >= 11 is 0. The minimum absolute atomic E-state index is 0.250. The first-order valence-electron chi connectivity index (χ1n) is 3.60. The van der Waals surface area contributed by atoms with Gasteiger partial charge in [0.15, 0.2) is 0 Å². The van der Waals surface area contributed by atoms with Crippen molar-refractivity contribution in [1.82, 2.24) is 0 Å². The van der Waals surface area contributed by atoms with Crippen LogP contribution in [0.25, 0.3) is 0 Å². The fourth-order valence-corrected chi connectivity index (χ4v) is 0.757. The van der Waals surface area contributed by atoms with Crippen LogP contribution in [-0.2, 0) is 4.79 Å². The summed E-state index contributed by atoms with van der Waals surface area (Å²) in [5.41, 5.74) is -1.28. The van der Waals surface area contributed by atoms with E-state index < -0.39 is 27.0 Å². The van der Waals surface area contributed by atoms with Gasteiger partial charge in [0.25, 0.3) is 12.2 Å². The second kappa shape index (κ2) is 6.01. The maximum Gasteiger partial charge on any atom is 0.305 e. The van der Waals surface area contributed by atoms with Gasteiger partial charge >= 0.3 is 5.69 Å². The van der Waals surface area contributed by atoms with E-state index in [2.05, 4.69) is 0 Å². The highest BCUT2D eigenvalue weighted by Crippen LogP contribution is 2.21. The molecule has 0 saturated heterocycles. The summed E-state index contributed by atoms with van der Waals surface area (Å²) in [5, 5.41) is 27.1. The molecule has 0 aliphatic heterocycles. The van der Waals surface area contributed by atoms with Crippen molar-refractivity contribution in [2.75, 3.05) is 0 Å². The fourth-order valence-electron chi connectivity index (χ4n) is 0.757. The van der Waals surface area contributed by atoms with Crippen LogP contribution in [0.3, 0.4) is 0 Å². The predicted octanol–water partition coefficient (Wildman–Crippen LogP) is 1.34. The molecule has 0 aromatic heterocycles. The molecule has 1 N–H and O–H groups in total. The summed E-state index contributed by atoms with van der Waals surface area (Å²) in [6.45, 7) is -0.250. The molecule has 0 heterocycles. The van der Waals surface area contributed by atoms with E-state index in [0.29, 0.717) is 6.07 Å². The van der Waals surface area contributed by atoms with E-state index in [-0.39, 0.29) is 6.47 Å². The van der Waals surface area contributed by atoms with Gasteiger partial charge in [0, 0.05) is 12.1 Å². The molecule has 16 heavy (non-hydrogen) atoms. The summed E-state index contributed by atoms with van der Waals surface area (Å²) in [6, 6.07) is 2.15. The Hall–Kier alpha value is -2.58. The third kappa shape index (κ3) is 3.65. The first kappa shape index (κ1) is 13.4. The molecule has 1 aromatic rings. The molecule has 1 aromatic carbocycles. The number of halogens is 1. The van der Waals surface area contributed by atoms with Gasteiger partial charge in [0.2, 0.25) is 5.82 Å². The minimum atomic E-state index is -1.21. The number of nitrogens with zero attached hydrogens (tertiary/aromatic N) is 2. The van der Waals surface area contributed by atoms with Crippen LogP contribution in [-0.4, -0.2) is 21.4 Å². The van der Waals surface area contributed by atoms with Crippen LogP contribution in [0.1, 0.15) is 0 Å². The molecule has 0 unspecified atom stereocenters. The number of non-ortho nitro benzene ring substituents is 1. The first-order chi connectivity index (χ1) is 7.43. The molecule has 0 saturated carbocycles. The molecule has 0 aliphatic carbocycles. The molecule has 0 bridgehead atoms. The normalized spacial score (nSPS) is 8.56. The van der Waals surface area contributed by atoms with Crippen LogP contribution >= 0.6 is 0 Å². The molecular formula is C7H5FN2O6. The number of hydrogen-bond acceptors (Lipinski definition) is 5. The lowest BCUT2D eigenvalue weighted by molar-refractivity contribution is -0.391. The van der Waals surface area contributed by atoms with Crippen LogP contribution in [0.2, 0.25) is 0 Å². The number of carbonyl (C=O) groups is 1. The van der Waals surface area contributed by atoms with E-state index >= 15 is 0 Å². The zero-order chi connectivity index (χ0) is 12.7. The van der Waals surface area contributed by atoms with Gasteiger partial charge in [0.05, 0.1) is 15.9 Å². The van der Waals surface area contributed by atoms with E-state index in [1.165, 1.54) is 0 Å². The predicted molar refractivity (Wildman–Crippen MR) is 48.4 cm³/mol. The molecule has 8 nitrogen and oxygen atoms in total. The average Bonchev–Trinajstić information content (AvgIpc) is 2.17. The van der Waals surface area contributed by atoms with Gasteiger partial charge in [0.1, 0.15) is 0 Å². The van der Waals surface area contributed by atoms with Gasteiger partial charge in [-0.2, -0.15) is 4.39 Å². The quantitative estimate of drug-likeness (QED) is 0.466. The van der Waals surface area contributed by atoms with Crippen molar-refractivity contribution in [3.63, 3.8) is 0 Å². The Morgan fingerprint density at radius 2 is 1.75 bits per heavy atom. The lowest BCUT2D eigenvalue weighted by atomic mass is 10.3. The largest absolute Gasteiger partial charge is 0.483 e. The first-order valence-corrected chi connectivity index (χ1v) is 3.60. The summed E-state index contributed by atoms with van der Waals surface area (Å²) < 4.78 is 12.7. The number of carboxylic acid groups (broad SMARTS) is 1. The van der Waals surface area contributed by atoms with Gasteiger partial charge in [-0.1, -0.05) is 0 Å². The van der Waals surface area contributed by atoms with Crippen LogP contribution in [0.5, 0.6) is 0 Å². The topological polar surface area (TPSA) is 124 Å². The Morgan fingerprint density at radius 3 is 2.06 bits per heavy atom. The van der Waals surface area contributed by atoms with E-state index in [1.54, 1.807) is 0 Å². The highest BCUT2D eigenvalue weighted by Gasteiger charge is 2.17. The number of rotatable bonds is 2. The minimum Gasteiger partial charge on any atom is -0.483 e. The molecule has 0 atom stereocenters. The Balaban J connectivity index is 0.000000673. The Morgan fingerprint density at radius 1 is 1.25 bits per heavy atom. The van der Waals surface area contributed by atoms with Gasteiger partial charge in [-0.25, -0.2) is 0 Å². The van der Waals surface area contributed by atoms with Crippen molar-refractivity contribution < 1.29 is 24.1 Å². The Labute approximate surface area is 87.2 Å². The maximum absolute atomic E-state index is 12.7. The molecule has 0 radical (unpaired) electrons. The lowest BCUT2D eigenvalue weighted by Crippen LogP contribution is -1.94. The fraction of sp³-hybridized carbons (Fsp3) is 0. The molecule has 0 fully saturated rings. The zero-order valence-corrected chi connectivity index (χ0v) is 7.57. The van der Waals surface area contributed by atoms with E-state index in [0.717, 1.165) is 12.1 Å². The summed E-state index contributed by atoms with van der Waals surface area (Å²) in [4.78, 5) is 26.8. The van der Waals surface area contributed by atoms with Crippen molar-refractivity contribution in [3.8, 4) is 0 Å². The summed E-state index contributed by atoms with van der Waals surface area (Å²) in [5.74, 6) is -1.21. The van der Waals surface area contributed by atoms with Crippen LogP contribution < -0.4 is 0 Å². The number of nitro benzene ring substituents is 2. The third-order valence-electron chi connectivity index (χ3n) is 1.34. The smallest absolute Gasteiger partial charge is 0.305 e. The Kier molecular flexibility index (Phi) is 5.04. The van der Waals surface area contributed by atoms with E-state index in [4.69, 9.17) is 9.90 Å². The van der Waals surface area contributed by atoms with Crippen LogP contribution in [0.4, 0.5) is 15.8 Å². The van der Waals surface area contributed by atoms with Crippen molar-refractivity contribution in [2.24, 2.45) is 0 Å². The van der Waals surface area contributed by atoms with E-state index in [9.17, 15) is 24.6 Å². The number of nitro groups is 2. The highest BCUT2D eigenvalue weighted by molar-refractivity contribution is 5.41. The second-order valence-electron chi connectivity index (χ2n) is 2.26. The average molecular weight is 232 g/mol. The molecule has 0 spiro atoms. The monoisotopic (exact) mass is 232 g/mol. The van der Waals surface area contributed by atoms with Gasteiger partial charge in [-0.05, 0) is 0 Å². The molecular weight excluding hydrogens is 227 g/mol. The summed E-state index contributed by atoms with van der Waals surface area (Å²) in [6.07, 6.45) is 0. The van der Waals surface area contributed by atoms with Crippen molar-refractivity contribution in [2.45, 2.75) is 0 Å². The second-order valence-corrected chi connectivity index (χ2v) is 2.26. The van der Waals surface area contributed by atoms with Crippen LogP contribution in [0.15, 0.2) is 18.2 Å². The van der Waals surface area contributed by atoms with Gasteiger partial charge < -0.3 is 5.11 Å². The molecule has 1 rings (SSSR count). The number of hydrogen-bond donors (Lipinski definition) is 1. The van der Waals surface area contributed by atoms with Gasteiger partial charge in [-0.15, -0.1) is 0 Å². The van der Waals surface area contributed by atoms with Gasteiger partial charge in [-0.3, -0.25) is 25.0 Å². The van der Waals surface area contributed by atoms with Crippen LogP contribution in [0, 0.1) is 26.0 Å². The molecule has 86 valence electrons. The number of benzene rings is 1. The van der Waals surface area contributed by atoms with Crippen molar-refractivity contribution in [3.05, 3.63) is 44.2 Å². The maximum atomic E-state index is 12.7. The van der Waals surface area contributed by atoms with Crippen molar-refractivity contribution >= 4 is 17.8 Å². The van der Waals surface area contributed by atoms with Crippen molar-refractivity contribution in [1.29, 1.82) is 0 Å². The molecule has 9 heteroatoms. The summed E-state index contributed by atoms with van der Waals surface area (Å²) in [7, 11) is 0. The standard InChI is InChI=1S/C6H3FN2O4.CH2O2/c7-5-3-4(8(10)11)1-2-6(5)9(12)13;2-1-3/h1-3H;1H,(H,2,3). The molecule has 0 aliphatic rings. The Bertz CT molecular complexity index is 421. The third-order valence-corrected chi connectivity index (χ3v) is 1.34. The lowest BCUT2D eigenvalue weighted by Gasteiger charge is -1.93. The highest BCUT2D eigenvalue weighted by atomic mass is 19.1. The van der Waals surface area contributed by atoms with E-state index in [1.807, 2.05) is 0 Å². The molecule has 0 amide bonds.